The number of rotatable bonds is 4. The Bertz CT molecular complexity index is 666. The standard InChI is InChI=1S/C20H33N2Si.C6H10.3CH3.Ti/c1-19(2,3)21-23(4,5)17-15-18(22-13-9-10-14-22)20(16-17)11-7-6-8-12-20;1-3-5-6-4-2;;;;/h6-8,11,15,18H,9-10,12-14,16H2,1-5H3;3-6H,1-2H3;3*1H3;/q-1;;3*-1;+4/b;5-3+,6-4+;;;;. The maximum Gasteiger partial charge on any atom is 4.00 e. The number of hydrogen-bond donors (Lipinski definition) is 0. The van der Waals surface area contributed by atoms with E-state index in [0.29, 0.717) is 11.5 Å². The van der Waals surface area contributed by atoms with E-state index in [4.69, 9.17) is 4.98 Å². The van der Waals surface area contributed by atoms with Crippen LogP contribution in [-0.2, 0) is 21.7 Å². The van der Waals surface area contributed by atoms with E-state index < -0.39 is 8.24 Å². The van der Waals surface area contributed by atoms with Crippen molar-refractivity contribution >= 4 is 8.24 Å². The summed E-state index contributed by atoms with van der Waals surface area (Å²) in [5, 5.41) is 1.67. The second-order valence-electron chi connectivity index (χ2n) is 10.2. The van der Waals surface area contributed by atoms with Crippen molar-refractivity contribution in [3.63, 3.8) is 0 Å². The predicted octanol–water partition coefficient (Wildman–Crippen LogP) is 8.69. The van der Waals surface area contributed by atoms with Crippen LogP contribution in [0.5, 0.6) is 0 Å². The fourth-order valence-electron chi connectivity index (χ4n) is 4.95. The van der Waals surface area contributed by atoms with Gasteiger partial charge in [-0.3, -0.25) is 4.90 Å². The fraction of sp³-hybridized carbons (Fsp3) is 0.552. The zero-order valence-electron chi connectivity index (χ0n) is 23.4. The Morgan fingerprint density at radius 2 is 1.55 bits per heavy atom. The van der Waals surface area contributed by atoms with Gasteiger partial charge in [-0.15, -0.1) is 10.7 Å². The SMILES string of the molecule is C/C=C/C=C/C.CC(C)(C)[N-][Si](C)(C)C1=CC(N2CCCC2)C2(C=CC=CC2)C1.[CH3-].[CH3-].[CH3-].[Ti+4]. The molecule has 3 rings (SSSR count). The van der Waals surface area contributed by atoms with Gasteiger partial charge in [0, 0.05) is 11.5 Å². The summed E-state index contributed by atoms with van der Waals surface area (Å²) >= 11 is 0. The Kier molecular flexibility index (Phi) is 18.3. The summed E-state index contributed by atoms with van der Waals surface area (Å²) in [5.41, 5.74) is 0.365. The molecule has 0 aromatic heterocycles. The van der Waals surface area contributed by atoms with E-state index in [2.05, 4.69) is 69.1 Å². The van der Waals surface area contributed by atoms with Crippen LogP contribution < -0.4 is 0 Å². The Morgan fingerprint density at radius 3 is 1.97 bits per heavy atom. The predicted molar refractivity (Wildman–Crippen MR) is 152 cm³/mol. The van der Waals surface area contributed by atoms with Crippen molar-refractivity contribution in [1.29, 1.82) is 0 Å². The average Bonchev–Trinajstić information content (AvgIpc) is 3.28. The summed E-state index contributed by atoms with van der Waals surface area (Å²) in [6.45, 7) is 18.1. The molecule has 0 aromatic carbocycles. The summed E-state index contributed by atoms with van der Waals surface area (Å²) in [4.78, 5) is 8.01. The molecule has 0 N–H and O–H groups in total. The molecule has 3 aliphatic rings. The van der Waals surface area contributed by atoms with Crippen LogP contribution in [0.4, 0.5) is 0 Å². The molecule has 0 radical (unpaired) electrons. The van der Waals surface area contributed by atoms with Gasteiger partial charge in [-0.2, -0.15) is 0 Å². The molecule has 1 fully saturated rings. The van der Waals surface area contributed by atoms with Crippen LogP contribution in [0, 0.1) is 27.7 Å². The summed E-state index contributed by atoms with van der Waals surface area (Å²) in [6, 6.07) is 0.586. The van der Waals surface area contributed by atoms with E-state index in [-0.39, 0.29) is 49.5 Å². The second kappa shape index (κ2) is 16.3. The van der Waals surface area contributed by atoms with Crippen molar-refractivity contribution < 1.29 is 21.7 Å². The minimum atomic E-state index is -1.71. The summed E-state index contributed by atoms with van der Waals surface area (Å²) < 4.78 is 0. The molecule has 0 saturated carbocycles. The minimum absolute atomic E-state index is 0. The molecule has 33 heavy (non-hydrogen) atoms. The molecule has 0 aromatic rings. The monoisotopic (exact) mass is 504 g/mol. The first-order valence-corrected chi connectivity index (χ1v) is 14.4. The van der Waals surface area contributed by atoms with Crippen LogP contribution in [-0.4, -0.2) is 37.8 Å². The van der Waals surface area contributed by atoms with Gasteiger partial charge in [-0.1, -0.05) is 88.5 Å². The molecule has 2 nitrogen and oxygen atoms in total. The first-order chi connectivity index (χ1) is 13.6. The van der Waals surface area contributed by atoms with Gasteiger partial charge < -0.3 is 27.3 Å². The van der Waals surface area contributed by atoms with Crippen molar-refractivity contribution in [2.24, 2.45) is 5.41 Å². The zero-order valence-corrected chi connectivity index (χ0v) is 26.0. The van der Waals surface area contributed by atoms with Gasteiger partial charge in [0.05, 0.1) is 0 Å². The topological polar surface area (TPSA) is 17.3 Å². The maximum absolute atomic E-state index is 5.27. The molecule has 0 bridgehead atoms. The van der Waals surface area contributed by atoms with Crippen molar-refractivity contribution in [1.82, 2.24) is 4.90 Å². The molecular formula is C29H52N2SiTi. The number of hydrogen-bond acceptors (Lipinski definition) is 1. The quantitative estimate of drug-likeness (QED) is 0.213. The third-order valence-electron chi connectivity index (χ3n) is 6.07. The van der Waals surface area contributed by atoms with E-state index in [1.807, 2.05) is 38.2 Å². The molecule has 1 heterocycles. The van der Waals surface area contributed by atoms with E-state index in [1.54, 1.807) is 5.20 Å². The van der Waals surface area contributed by atoms with Crippen LogP contribution in [0.3, 0.4) is 0 Å². The van der Waals surface area contributed by atoms with Crippen LogP contribution in [0.2, 0.25) is 13.1 Å². The van der Waals surface area contributed by atoms with Crippen LogP contribution >= 0.6 is 0 Å². The molecule has 1 aliphatic heterocycles. The van der Waals surface area contributed by atoms with Crippen LogP contribution in [0.15, 0.2) is 59.9 Å². The molecular weight excluding hydrogens is 452 g/mol. The van der Waals surface area contributed by atoms with Gasteiger partial charge in [0.25, 0.3) is 0 Å². The normalized spacial score (nSPS) is 24.5. The summed E-state index contributed by atoms with van der Waals surface area (Å²) in [5.74, 6) is 0. The molecule has 2 aliphatic carbocycles. The Labute approximate surface area is 224 Å². The van der Waals surface area contributed by atoms with Crippen molar-refractivity contribution in [3.8, 4) is 0 Å². The van der Waals surface area contributed by atoms with E-state index in [9.17, 15) is 0 Å². The minimum Gasteiger partial charge on any atom is -0.656 e. The smallest absolute Gasteiger partial charge is 0.656 e. The molecule has 1 saturated heterocycles. The summed E-state index contributed by atoms with van der Waals surface area (Å²) in [7, 11) is -1.71. The molecule has 2 unspecified atom stereocenters. The van der Waals surface area contributed by atoms with Gasteiger partial charge >= 0.3 is 21.7 Å². The fourth-order valence-corrected chi connectivity index (χ4v) is 8.10. The molecule has 186 valence electrons. The van der Waals surface area contributed by atoms with Gasteiger partial charge in [0.15, 0.2) is 0 Å². The third kappa shape index (κ3) is 10.8. The van der Waals surface area contributed by atoms with E-state index in [0.717, 1.165) is 0 Å². The first-order valence-electron chi connectivity index (χ1n) is 11.4. The molecule has 4 heteroatoms. The first kappa shape index (κ1) is 37.1. The van der Waals surface area contributed by atoms with Crippen LogP contribution in [0.1, 0.15) is 60.3 Å². The number of allylic oxidation sites excluding steroid dienone is 8. The third-order valence-corrected chi connectivity index (χ3v) is 9.22. The van der Waals surface area contributed by atoms with Crippen molar-refractivity contribution in [2.45, 2.75) is 85.0 Å². The van der Waals surface area contributed by atoms with E-state index >= 15 is 0 Å². The van der Waals surface area contributed by atoms with Gasteiger partial charge in [-0.05, 0) is 60.9 Å². The zero-order chi connectivity index (χ0) is 21.5. The Hall–Kier alpha value is -0.449. The van der Waals surface area contributed by atoms with E-state index in [1.165, 1.54) is 38.8 Å². The van der Waals surface area contributed by atoms with Crippen molar-refractivity contribution in [2.75, 3.05) is 13.1 Å². The number of nitrogens with zero attached hydrogens (tertiary/aromatic N) is 2. The molecule has 1 spiro atoms. The maximum atomic E-state index is 5.27. The Morgan fingerprint density at radius 1 is 1.00 bits per heavy atom. The van der Waals surface area contributed by atoms with Crippen LogP contribution in [0.25, 0.3) is 4.98 Å². The second-order valence-corrected chi connectivity index (χ2v) is 14.2. The largest absolute Gasteiger partial charge is 4.00 e. The van der Waals surface area contributed by atoms with Gasteiger partial charge in [0.1, 0.15) is 0 Å². The number of likely N-dealkylation sites (tertiary alicyclic amines) is 1. The van der Waals surface area contributed by atoms with Crippen molar-refractivity contribution in [3.05, 3.63) is 87.1 Å². The molecule has 0 amide bonds. The van der Waals surface area contributed by atoms with Gasteiger partial charge in [-0.25, -0.2) is 0 Å². The summed E-state index contributed by atoms with van der Waals surface area (Å²) in [6.07, 6.45) is 25.1. The van der Waals surface area contributed by atoms with Gasteiger partial charge in [0.2, 0.25) is 0 Å². The molecule has 2 atom stereocenters. The average molecular weight is 505 g/mol. The Balaban J connectivity index is -0.000000806.